The van der Waals surface area contributed by atoms with E-state index in [1.54, 1.807) is 31.2 Å². The van der Waals surface area contributed by atoms with Gasteiger partial charge in [0.2, 0.25) is 5.91 Å². The number of para-hydroxylation sites is 1. The van der Waals surface area contributed by atoms with Gasteiger partial charge >= 0.3 is 5.97 Å². The smallest absolute Gasteiger partial charge is 0.319 e. The number of rotatable bonds is 6. The molecule has 5 nitrogen and oxygen atoms in total. The number of carboxylic acid groups (broad SMARTS) is 1. The molecule has 142 valence electrons. The van der Waals surface area contributed by atoms with Crippen LogP contribution in [0.4, 0.5) is 5.69 Å². The Kier molecular flexibility index (Phi) is 5.79. The summed E-state index contributed by atoms with van der Waals surface area (Å²) in [5.41, 5.74) is -0.909. The maximum atomic E-state index is 12.9. The van der Waals surface area contributed by atoms with E-state index in [1.807, 2.05) is 30.3 Å². The van der Waals surface area contributed by atoms with Crippen LogP contribution in [0.2, 0.25) is 0 Å². The molecule has 3 rings (SSSR count). The first-order valence-electron chi connectivity index (χ1n) is 9.38. The number of hydrogen-bond donors (Lipinski definition) is 2. The van der Waals surface area contributed by atoms with Crippen LogP contribution in [0.1, 0.15) is 39.0 Å². The van der Waals surface area contributed by atoms with Gasteiger partial charge in [-0.2, -0.15) is 0 Å². The Labute approximate surface area is 159 Å². The van der Waals surface area contributed by atoms with Crippen molar-refractivity contribution in [1.82, 2.24) is 0 Å². The predicted molar refractivity (Wildman–Crippen MR) is 104 cm³/mol. The van der Waals surface area contributed by atoms with Gasteiger partial charge in [-0.3, -0.25) is 9.59 Å². The summed E-state index contributed by atoms with van der Waals surface area (Å²) in [6, 6.07) is 16.3. The third-order valence-corrected chi connectivity index (χ3v) is 5.41. The van der Waals surface area contributed by atoms with Gasteiger partial charge in [-0.25, -0.2) is 0 Å². The zero-order chi connectivity index (χ0) is 19.3. The van der Waals surface area contributed by atoms with E-state index in [2.05, 4.69) is 5.32 Å². The summed E-state index contributed by atoms with van der Waals surface area (Å²) in [7, 11) is 0. The number of nitrogens with one attached hydrogen (secondary N) is 1. The lowest BCUT2D eigenvalue weighted by Crippen LogP contribution is -2.47. The average Bonchev–Trinajstić information content (AvgIpc) is 2.69. The van der Waals surface area contributed by atoms with Gasteiger partial charge in [0, 0.05) is 11.8 Å². The zero-order valence-electron chi connectivity index (χ0n) is 15.5. The lowest BCUT2D eigenvalue weighted by atomic mass is 9.69. The highest BCUT2D eigenvalue weighted by Crippen LogP contribution is 2.40. The van der Waals surface area contributed by atoms with Crippen LogP contribution in [0.3, 0.4) is 0 Å². The van der Waals surface area contributed by atoms with Crippen molar-refractivity contribution in [3.8, 4) is 11.5 Å². The second-order valence-electron chi connectivity index (χ2n) is 7.24. The largest absolute Gasteiger partial charge is 0.480 e. The Bertz CT molecular complexity index is 799. The topological polar surface area (TPSA) is 75.6 Å². The summed E-state index contributed by atoms with van der Waals surface area (Å²) < 4.78 is 5.78. The van der Waals surface area contributed by atoms with E-state index in [-0.39, 0.29) is 5.92 Å². The number of ether oxygens (including phenoxy) is 1. The van der Waals surface area contributed by atoms with Gasteiger partial charge in [0.15, 0.2) is 0 Å². The minimum absolute atomic E-state index is 0.146. The molecule has 0 aliphatic heterocycles. The van der Waals surface area contributed by atoms with Gasteiger partial charge in [0.25, 0.3) is 0 Å². The van der Waals surface area contributed by atoms with Crippen molar-refractivity contribution in [3.05, 3.63) is 54.6 Å². The molecule has 0 spiro atoms. The van der Waals surface area contributed by atoms with E-state index in [9.17, 15) is 14.7 Å². The monoisotopic (exact) mass is 367 g/mol. The van der Waals surface area contributed by atoms with Crippen molar-refractivity contribution in [1.29, 1.82) is 0 Å². The maximum absolute atomic E-state index is 12.9. The molecule has 1 aliphatic rings. The van der Waals surface area contributed by atoms with E-state index in [0.717, 1.165) is 32.1 Å². The van der Waals surface area contributed by atoms with Gasteiger partial charge in [0.05, 0.1) is 0 Å². The fraction of sp³-hybridized carbons (Fsp3) is 0.364. The molecule has 2 aromatic carbocycles. The Morgan fingerprint density at radius 3 is 2.33 bits per heavy atom. The second kappa shape index (κ2) is 8.25. The van der Waals surface area contributed by atoms with Crippen molar-refractivity contribution in [2.45, 2.75) is 39.0 Å². The highest BCUT2D eigenvalue weighted by molar-refractivity contribution is 6.08. The molecule has 1 unspecified atom stereocenters. The first-order chi connectivity index (χ1) is 13.0. The molecule has 1 amide bonds. The fourth-order valence-electron chi connectivity index (χ4n) is 3.66. The summed E-state index contributed by atoms with van der Waals surface area (Å²) in [6.07, 6.45) is 4.59. The fourth-order valence-corrected chi connectivity index (χ4v) is 3.66. The van der Waals surface area contributed by atoms with Crippen LogP contribution in [0.15, 0.2) is 54.6 Å². The number of anilines is 1. The number of carbonyl (C=O) groups excluding carboxylic acids is 1. The standard InChI is InChI=1S/C22H25NO4/c1-22(21(25)26,16-9-4-2-5-10-16)20(24)23-17-11-8-14-19(15-17)27-18-12-6-3-7-13-18/h3,6-8,11-16H,2,4-5,9-10H2,1H3,(H,23,24)(H,25,26). The molecule has 0 bridgehead atoms. The van der Waals surface area contributed by atoms with Crippen molar-refractivity contribution in [2.75, 3.05) is 5.32 Å². The molecule has 1 fully saturated rings. The summed E-state index contributed by atoms with van der Waals surface area (Å²) in [6.45, 7) is 1.55. The third kappa shape index (κ3) is 4.30. The van der Waals surface area contributed by atoms with Crippen molar-refractivity contribution >= 4 is 17.6 Å². The molecular formula is C22H25NO4. The Morgan fingerprint density at radius 2 is 1.67 bits per heavy atom. The summed E-state index contributed by atoms with van der Waals surface area (Å²) >= 11 is 0. The molecule has 2 N–H and O–H groups in total. The molecule has 0 radical (unpaired) electrons. The van der Waals surface area contributed by atoms with Gasteiger partial charge < -0.3 is 15.2 Å². The number of carboxylic acids is 1. The highest BCUT2D eigenvalue weighted by Gasteiger charge is 2.48. The molecule has 0 aromatic heterocycles. The van der Waals surface area contributed by atoms with Gasteiger partial charge in [-0.15, -0.1) is 0 Å². The number of hydrogen-bond acceptors (Lipinski definition) is 3. The van der Waals surface area contributed by atoms with Crippen molar-refractivity contribution in [3.63, 3.8) is 0 Å². The predicted octanol–water partition coefficient (Wildman–Crippen LogP) is 5.09. The Balaban J connectivity index is 1.76. The van der Waals surface area contributed by atoms with Crippen LogP contribution in [-0.4, -0.2) is 17.0 Å². The van der Waals surface area contributed by atoms with Crippen LogP contribution < -0.4 is 10.1 Å². The van der Waals surface area contributed by atoms with Crippen LogP contribution in [0, 0.1) is 11.3 Å². The summed E-state index contributed by atoms with van der Waals surface area (Å²) in [5, 5.41) is 12.6. The van der Waals surface area contributed by atoms with E-state index in [4.69, 9.17) is 4.74 Å². The number of carbonyl (C=O) groups is 2. The average molecular weight is 367 g/mol. The first kappa shape index (κ1) is 19.0. The van der Waals surface area contributed by atoms with Gasteiger partial charge in [0.1, 0.15) is 16.9 Å². The minimum Gasteiger partial charge on any atom is -0.480 e. The zero-order valence-corrected chi connectivity index (χ0v) is 15.5. The number of aliphatic carboxylic acids is 1. The lowest BCUT2D eigenvalue weighted by Gasteiger charge is -2.35. The minimum atomic E-state index is -1.43. The molecule has 0 saturated heterocycles. The molecule has 27 heavy (non-hydrogen) atoms. The third-order valence-electron chi connectivity index (χ3n) is 5.41. The van der Waals surface area contributed by atoms with E-state index >= 15 is 0 Å². The maximum Gasteiger partial charge on any atom is 0.319 e. The normalized spacial score (nSPS) is 16.9. The summed E-state index contributed by atoms with van der Waals surface area (Å²) in [4.78, 5) is 24.9. The molecule has 2 aromatic rings. The molecule has 1 aliphatic carbocycles. The molecular weight excluding hydrogens is 342 g/mol. The van der Waals surface area contributed by atoms with Gasteiger partial charge in [-0.05, 0) is 49.9 Å². The van der Waals surface area contributed by atoms with Gasteiger partial charge in [-0.1, -0.05) is 43.5 Å². The van der Waals surface area contributed by atoms with E-state index in [1.165, 1.54) is 0 Å². The van der Waals surface area contributed by atoms with E-state index in [0.29, 0.717) is 17.2 Å². The first-order valence-corrected chi connectivity index (χ1v) is 9.38. The van der Waals surface area contributed by atoms with Crippen LogP contribution >= 0.6 is 0 Å². The molecule has 0 heterocycles. The summed E-state index contributed by atoms with van der Waals surface area (Å²) in [5.74, 6) is -0.415. The highest BCUT2D eigenvalue weighted by atomic mass is 16.5. The molecule has 1 atom stereocenters. The SMILES string of the molecule is CC(C(=O)O)(C(=O)Nc1cccc(Oc2ccccc2)c1)C1CCCCC1. The van der Waals surface area contributed by atoms with Crippen LogP contribution in [0.5, 0.6) is 11.5 Å². The lowest BCUT2D eigenvalue weighted by molar-refractivity contribution is -0.157. The Morgan fingerprint density at radius 1 is 1.00 bits per heavy atom. The quantitative estimate of drug-likeness (QED) is 0.698. The molecule has 5 heteroatoms. The van der Waals surface area contributed by atoms with Crippen LogP contribution in [0.25, 0.3) is 0 Å². The van der Waals surface area contributed by atoms with E-state index < -0.39 is 17.3 Å². The Hall–Kier alpha value is -2.82. The van der Waals surface area contributed by atoms with Crippen LogP contribution in [-0.2, 0) is 9.59 Å². The molecule has 1 saturated carbocycles. The van der Waals surface area contributed by atoms with Crippen molar-refractivity contribution in [2.24, 2.45) is 11.3 Å². The number of benzene rings is 2. The second-order valence-corrected chi connectivity index (χ2v) is 7.24. The number of amides is 1. The van der Waals surface area contributed by atoms with Crippen molar-refractivity contribution < 1.29 is 19.4 Å².